The van der Waals surface area contributed by atoms with Gasteiger partial charge in [0, 0.05) is 10.6 Å². The van der Waals surface area contributed by atoms with Gasteiger partial charge in [-0.3, -0.25) is 0 Å². The second kappa shape index (κ2) is 6.10. The third kappa shape index (κ3) is 3.31. The van der Waals surface area contributed by atoms with E-state index >= 15 is 0 Å². The van der Waals surface area contributed by atoms with Gasteiger partial charge in [0.15, 0.2) is 11.5 Å². The summed E-state index contributed by atoms with van der Waals surface area (Å²) in [6.07, 6.45) is 0. The molecule has 4 nitrogen and oxygen atoms in total. The van der Waals surface area contributed by atoms with Crippen molar-refractivity contribution in [3.63, 3.8) is 0 Å². The third-order valence-electron chi connectivity index (χ3n) is 3.09. The predicted molar refractivity (Wildman–Crippen MR) is 80.4 cm³/mol. The number of hydrogen-bond acceptors (Lipinski definition) is 4. The molecule has 1 heterocycles. The van der Waals surface area contributed by atoms with Crippen LogP contribution in [0.4, 0.5) is 0 Å². The average Bonchev–Trinajstić information content (AvgIpc) is 2.53. The van der Waals surface area contributed by atoms with Crippen LogP contribution in [-0.2, 0) is 5.75 Å². The van der Waals surface area contributed by atoms with Gasteiger partial charge in [-0.15, -0.1) is 11.8 Å². The fourth-order valence-electron chi connectivity index (χ4n) is 2.07. The standard InChI is InChI=1S/C16H14O4S/c17-16(18)12-3-1-2-11(8-12)10-21-13-4-5-14-15(9-13)20-7-6-19-14/h1-5,8-9H,6-7,10H2,(H,17,18). The molecule has 0 fully saturated rings. The van der Waals surface area contributed by atoms with Crippen LogP contribution in [-0.4, -0.2) is 24.3 Å². The monoisotopic (exact) mass is 302 g/mol. The highest BCUT2D eigenvalue weighted by atomic mass is 32.2. The molecule has 2 aromatic carbocycles. The molecular formula is C16H14O4S. The number of carbonyl (C=O) groups is 1. The first-order valence-electron chi connectivity index (χ1n) is 6.57. The summed E-state index contributed by atoms with van der Waals surface area (Å²) in [6, 6.07) is 12.8. The number of hydrogen-bond donors (Lipinski definition) is 1. The van der Waals surface area contributed by atoms with Crippen LogP contribution in [0.25, 0.3) is 0 Å². The van der Waals surface area contributed by atoms with Gasteiger partial charge in [0.05, 0.1) is 5.56 Å². The average molecular weight is 302 g/mol. The van der Waals surface area contributed by atoms with Gasteiger partial charge in [-0.2, -0.15) is 0 Å². The lowest BCUT2D eigenvalue weighted by atomic mass is 10.1. The quantitative estimate of drug-likeness (QED) is 0.877. The van der Waals surface area contributed by atoms with E-state index in [0.29, 0.717) is 24.5 Å². The van der Waals surface area contributed by atoms with Gasteiger partial charge in [0.1, 0.15) is 13.2 Å². The second-order valence-electron chi connectivity index (χ2n) is 4.60. The van der Waals surface area contributed by atoms with E-state index in [0.717, 1.165) is 22.0 Å². The van der Waals surface area contributed by atoms with E-state index in [4.69, 9.17) is 14.6 Å². The van der Waals surface area contributed by atoms with E-state index in [1.165, 1.54) is 0 Å². The third-order valence-corrected chi connectivity index (χ3v) is 4.16. The van der Waals surface area contributed by atoms with E-state index in [1.807, 2.05) is 24.3 Å². The van der Waals surface area contributed by atoms with E-state index in [1.54, 1.807) is 30.0 Å². The van der Waals surface area contributed by atoms with Crippen molar-refractivity contribution < 1.29 is 19.4 Å². The van der Waals surface area contributed by atoms with Crippen LogP contribution < -0.4 is 9.47 Å². The zero-order valence-corrected chi connectivity index (χ0v) is 12.1. The number of ether oxygens (including phenoxy) is 2. The van der Waals surface area contributed by atoms with Crippen LogP contribution in [0.15, 0.2) is 47.4 Å². The lowest BCUT2D eigenvalue weighted by Crippen LogP contribution is -2.15. The van der Waals surface area contributed by atoms with E-state index in [-0.39, 0.29) is 0 Å². The molecule has 0 unspecified atom stereocenters. The fourth-order valence-corrected chi connectivity index (χ4v) is 2.94. The molecule has 0 spiro atoms. The first-order chi connectivity index (χ1) is 10.2. The van der Waals surface area contributed by atoms with Crippen LogP contribution in [0.5, 0.6) is 11.5 Å². The van der Waals surface area contributed by atoms with Crippen molar-refractivity contribution in [3.05, 3.63) is 53.6 Å². The molecule has 0 aliphatic carbocycles. The molecule has 0 saturated heterocycles. The Bertz CT molecular complexity index is 669. The first kappa shape index (κ1) is 13.8. The molecule has 0 bridgehead atoms. The Morgan fingerprint density at radius 2 is 1.90 bits per heavy atom. The Labute approximate surface area is 126 Å². The Balaban J connectivity index is 1.70. The van der Waals surface area contributed by atoms with E-state index in [9.17, 15) is 4.79 Å². The smallest absolute Gasteiger partial charge is 0.335 e. The first-order valence-corrected chi connectivity index (χ1v) is 7.55. The highest BCUT2D eigenvalue weighted by Gasteiger charge is 2.12. The summed E-state index contributed by atoms with van der Waals surface area (Å²) < 4.78 is 11.0. The van der Waals surface area contributed by atoms with Crippen molar-refractivity contribution in [3.8, 4) is 11.5 Å². The van der Waals surface area contributed by atoms with Gasteiger partial charge < -0.3 is 14.6 Å². The van der Waals surface area contributed by atoms with Gasteiger partial charge in [-0.25, -0.2) is 4.79 Å². The van der Waals surface area contributed by atoms with Gasteiger partial charge >= 0.3 is 5.97 Å². The van der Waals surface area contributed by atoms with Crippen molar-refractivity contribution in [1.29, 1.82) is 0 Å². The fraction of sp³-hybridized carbons (Fsp3) is 0.188. The predicted octanol–water partition coefficient (Wildman–Crippen LogP) is 3.45. The van der Waals surface area contributed by atoms with Gasteiger partial charge in [0.25, 0.3) is 0 Å². The van der Waals surface area contributed by atoms with Crippen LogP contribution in [0, 0.1) is 0 Å². The minimum atomic E-state index is -0.902. The zero-order valence-electron chi connectivity index (χ0n) is 11.2. The van der Waals surface area contributed by atoms with Crippen molar-refractivity contribution in [1.82, 2.24) is 0 Å². The lowest BCUT2D eigenvalue weighted by molar-refractivity contribution is 0.0697. The summed E-state index contributed by atoms with van der Waals surface area (Å²) in [6.45, 7) is 1.16. The molecule has 0 amide bonds. The Hall–Kier alpha value is -2.14. The molecule has 1 N–H and O–H groups in total. The summed E-state index contributed by atoms with van der Waals surface area (Å²) in [5.74, 6) is 1.35. The van der Waals surface area contributed by atoms with Crippen molar-refractivity contribution in [2.45, 2.75) is 10.6 Å². The number of aromatic carboxylic acids is 1. The molecule has 3 rings (SSSR count). The molecule has 108 valence electrons. The molecule has 0 atom stereocenters. The van der Waals surface area contributed by atoms with Gasteiger partial charge in [-0.1, -0.05) is 12.1 Å². The van der Waals surface area contributed by atoms with Gasteiger partial charge in [-0.05, 0) is 35.9 Å². The molecule has 21 heavy (non-hydrogen) atoms. The molecule has 0 saturated carbocycles. The topological polar surface area (TPSA) is 55.8 Å². The number of fused-ring (bicyclic) bond motifs is 1. The van der Waals surface area contributed by atoms with Crippen LogP contribution in [0.3, 0.4) is 0 Å². The summed E-state index contributed by atoms with van der Waals surface area (Å²) in [4.78, 5) is 12.0. The Kier molecular flexibility index (Phi) is 4.01. The number of rotatable bonds is 4. The number of carboxylic acids is 1. The summed E-state index contributed by atoms with van der Waals surface area (Å²) >= 11 is 1.64. The Morgan fingerprint density at radius 3 is 2.71 bits per heavy atom. The molecule has 0 radical (unpaired) electrons. The van der Waals surface area contributed by atoms with Crippen LogP contribution >= 0.6 is 11.8 Å². The largest absolute Gasteiger partial charge is 0.486 e. The Morgan fingerprint density at radius 1 is 1.10 bits per heavy atom. The summed E-state index contributed by atoms with van der Waals surface area (Å²) in [7, 11) is 0. The molecular weight excluding hydrogens is 288 g/mol. The molecule has 1 aliphatic rings. The number of carboxylic acid groups (broad SMARTS) is 1. The maximum Gasteiger partial charge on any atom is 0.335 e. The van der Waals surface area contributed by atoms with Crippen molar-refractivity contribution >= 4 is 17.7 Å². The number of benzene rings is 2. The van der Waals surface area contributed by atoms with E-state index < -0.39 is 5.97 Å². The van der Waals surface area contributed by atoms with Crippen molar-refractivity contribution in [2.24, 2.45) is 0 Å². The van der Waals surface area contributed by atoms with Gasteiger partial charge in [0.2, 0.25) is 0 Å². The van der Waals surface area contributed by atoms with Crippen molar-refractivity contribution in [2.75, 3.05) is 13.2 Å². The van der Waals surface area contributed by atoms with Crippen LogP contribution in [0.1, 0.15) is 15.9 Å². The molecule has 2 aromatic rings. The maximum absolute atomic E-state index is 11.0. The van der Waals surface area contributed by atoms with E-state index in [2.05, 4.69) is 0 Å². The lowest BCUT2D eigenvalue weighted by Gasteiger charge is -2.18. The minimum absolute atomic E-state index is 0.315. The highest BCUT2D eigenvalue weighted by Crippen LogP contribution is 2.35. The summed E-state index contributed by atoms with van der Waals surface area (Å²) in [5.41, 5.74) is 1.30. The summed E-state index contributed by atoms with van der Waals surface area (Å²) in [5, 5.41) is 8.99. The molecule has 5 heteroatoms. The zero-order chi connectivity index (χ0) is 14.7. The minimum Gasteiger partial charge on any atom is -0.486 e. The SMILES string of the molecule is O=C(O)c1cccc(CSc2ccc3c(c2)OCCO3)c1. The highest BCUT2D eigenvalue weighted by molar-refractivity contribution is 7.98. The van der Waals surface area contributed by atoms with Crippen LogP contribution in [0.2, 0.25) is 0 Å². The normalized spacial score (nSPS) is 13.0. The maximum atomic E-state index is 11.0. The molecule has 0 aromatic heterocycles. The number of thioether (sulfide) groups is 1. The second-order valence-corrected chi connectivity index (χ2v) is 5.65. The molecule has 1 aliphatic heterocycles.